The molecule has 2 heterocycles. The van der Waals surface area contributed by atoms with E-state index in [-0.39, 0.29) is 24.2 Å². The number of hydrogen-bond acceptors (Lipinski definition) is 4. The lowest BCUT2D eigenvalue weighted by Gasteiger charge is -2.29. The molecule has 1 N–H and O–H groups in total. The molecule has 0 spiro atoms. The van der Waals surface area contributed by atoms with Crippen LogP contribution in [0.25, 0.3) is 0 Å². The zero-order chi connectivity index (χ0) is 16.8. The van der Waals surface area contributed by atoms with Gasteiger partial charge in [0.15, 0.2) is 0 Å². The van der Waals surface area contributed by atoms with E-state index in [1.807, 2.05) is 6.07 Å². The summed E-state index contributed by atoms with van der Waals surface area (Å²) in [7, 11) is 0. The third kappa shape index (κ3) is 2.33. The van der Waals surface area contributed by atoms with Crippen LogP contribution in [0.1, 0.15) is 46.3 Å². The summed E-state index contributed by atoms with van der Waals surface area (Å²) in [4.78, 5) is 48.7. The summed E-state index contributed by atoms with van der Waals surface area (Å²) in [5.41, 5.74) is 3.83. The van der Waals surface area contributed by atoms with Crippen molar-refractivity contribution in [1.82, 2.24) is 10.2 Å². The van der Waals surface area contributed by atoms with Crippen LogP contribution >= 0.6 is 0 Å². The predicted octanol–water partition coefficient (Wildman–Crippen LogP) is 0.751. The van der Waals surface area contributed by atoms with Crippen molar-refractivity contribution in [2.75, 3.05) is 0 Å². The molecule has 0 radical (unpaired) electrons. The summed E-state index contributed by atoms with van der Waals surface area (Å²) in [6, 6.07) is 3.37. The van der Waals surface area contributed by atoms with E-state index in [9.17, 15) is 19.2 Å². The molecule has 24 heavy (non-hydrogen) atoms. The van der Waals surface area contributed by atoms with E-state index in [0.717, 1.165) is 30.3 Å². The minimum atomic E-state index is -0.581. The molecule has 2 atom stereocenters. The van der Waals surface area contributed by atoms with Gasteiger partial charge in [-0.1, -0.05) is 6.07 Å². The van der Waals surface area contributed by atoms with Gasteiger partial charge in [0.2, 0.25) is 11.8 Å². The number of nitrogens with one attached hydrogen (secondary N) is 1. The second-order valence-corrected chi connectivity index (χ2v) is 6.82. The molecule has 2 aliphatic heterocycles. The molecule has 0 aromatic heterocycles. The van der Waals surface area contributed by atoms with Crippen LogP contribution in [0.15, 0.2) is 12.1 Å². The number of carbonyl (C=O) groups is 4. The number of piperidine rings is 1. The third-order valence-corrected chi connectivity index (χ3v) is 5.30. The van der Waals surface area contributed by atoms with Gasteiger partial charge in [0.05, 0.1) is 0 Å². The number of amides is 3. The third-order valence-electron chi connectivity index (χ3n) is 5.30. The van der Waals surface area contributed by atoms with E-state index in [1.165, 1.54) is 5.56 Å². The number of benzene rings is 1. The van der Waals surface area contributed by atoms with Crippen LogP contribution in [0.5, 0.6) is 0 Å². The molecule has 6 heteroatoms. The van der Waals surface area contributed by atoms with E-state index in [2.05, 4.69) is 11.4 Å². The first-order valence-electron chi connectivity index (χ1n) is 8.31. The number of imide groups is 1. The minimum absolute atomic E-state index is 0.0262. The minimum Gasteiger partial charge on any atom is -0.322 e. The normalized spacial score (nSPS) is 26.0. The van der Waals surface area contributed by atoms with Gasteiger partial charge in [-0.25, -0.2) is 0 Å². The van der Waals surface area contributed by atoms with Crippen molar-refractivity contribution in [2.45, 2.75) is 44.7 Å². The fourth-order valence-electron chi connectivity index (χ4n) is 3.98. The first-order valence-corrected chi connectivity index (χ1v) is 8.31. The van der Waals surface area contributed by atoms with Crippen molar-refractivity contribution < 1.29 is 19.2 Å². The highest BCUT2D eigenvalue weighted by Gasteiger charge is 2.39. The molecule has 1 aromatic rings. The van der Waals surface area contributed by atoms with Crippen LogP contribution in [0.3, 0.4) is 0 Å². The van der Waals surface area contributed by atoms with E-state index in [4.69, 9.17) is 0 Å². The summed E-state index contributed by atoms with van der Waals surface area (Å²) in [6.07, 6.45) is 4.00. The van der Waals surface area contributed by atoms with Gasteiger partial charge in [0.1, 0.15) is 12.3 Å². The summed E-state index contributed by atoms with van der Waals surface area (Å²) in [5.74, 6) is -0.803. The maximum absolute atomic E-state index is 12.8. The van der Waals surface area contributed by atoms with Crippen LogP contribution in [0.4, 0.5) is 0 Å². The molecule has 1 unspecified atom stereocenters. The number of carbonyl (C=O) groups excluding carboxylic acids is 4. The Labute approximate surface area is 139 Å². The molecular formula is C18H18N2O4. The van der Waals surface area contributed by atoms with Gasteiger partial charge in [-0.05, 0) is 48.4 Å². The Morgan fingerprint density at radius 1 is 1.04 bits per heavy atom. The zero-order valence-electron chi connectivity index (χ0n) is 13.2. The fourth-order valence-corrected chi connectivity index (χ4v) is 3.98. The molecule has 3 aliphatic rings. The molecule has 1 aromatic carbocycles. The highest BCUT2D eigenvalue weighted by molar-refractivity contribution is 6.05. The van der Waals surface area contributed by atoms with Crippen LogP contribution in [-0.4, -0.2) is 34.9 Å². The number of hydrogen-bond donors (Lipinski definition) is 1. The lowest BCUT2D eigenvalue weighted by Crippen LogP contribution is -2.52. The molecule has 4 rings (SSSR count). The smallest absolute Gasteiger partial charge is 0.255 e. The first-order chi connectivity index (χ1) is 11.6. The van der Waals surface area contributed by atoms with Crippen LogP contribution in [0, 0.1) is 5.92 Å². The maximum Gasteiger partial charge on any atom is 0.255 e. The number of nitrogens with zero attached hydrogens (tertiary/aromatic N) is 1. The molecule has 3 amide bonds. The Bertz CT molecular complexity index is 771. The quantitative estimate of drug-likeness (QED) is 0.642. The SMILES string of the molecule is O=CC1CCc2cc3c(cc2C1)C(=O)N([C@H]1CCC(=O)NC1=O)C3. The largest absolute Gasteiger partial charge is 0.322 e. The van der Waals surface area contributed by atoms with E-state index in [1.54, 1.807) is 4.90 Å². The van der Waals surface area contributed by atoms with E-state index in [0.29, 0.717) is 24.9 Å². The van der Waals surface area contributed by atoms with Crippen LogP contribution in [0.2, 0.25) is 0 Å². The Morgan fingerprint density at radius 3 is 2.62 bits per heavy atom. The maximum atomic E-state index is 12.8. The van der Waals surface area contributed by atoms with E-state index >= 15 is 0 Å². The van der Waals surface area contributed by atoms with Crippen molar-refractivity contribution in [3.05, 3.63) is 34.4 Å². The molecule has 0 bridgehead atoms. The molecule has 0 saturated carbocycles. The number of aryl methyl sites for hydroxylation is 1. The van der Waals surface area contributed by atoms with Gasteiger partial charge in [-0.3, -0.25) is 19.7 Å². The molecule has 1 saturated heterocycles. The second kappa shape index (κ2) is 5.54. The van der Waals surface area contributed by atoms with Crippen LogP contribution in [-0.2, 0) is 33.8 Å². The Balaban J connectivity index is 1.62. The average molecular weight is 326 g/mol. The van der Waals surface area contributed by atoms with Crippen molar-refractivity contribution in [2.24, 2.45) is 5.92 Å². The van der Waals surface area contributed by atoms with Gasteiger partial charge in [0, 0.05) is 24.4 Å². The topological polar surface area (TPSA) is 83.6 Å². The standard InChI is InChI=1S/C18H18N2O4/c21-9-10-1-2-11-6-13-8-20(15-3-4-16(22)19-17(15)23)18(24)14(13)7-12(11)5-10/h6-7,9-10,15H,1-5,8H2,(H,19,22,23)/t10?,15-/m0/s1. The first kappa shape index (κ1) is 15.1. The predicted molar refractivity (Wildman–Crippen MR) is 84.1 cm³/mol. The van der Waals surface area contributed by atoms with Crippen molar-refractivity contribution >= 4 is 24.0 Å². The zero-order valence-corrected chi connectivity index (χ0v) is 13.2. The summed E-state index contributed by atoms with van der Waals surface area (Å²) < 4.78 is 0. The fraction of sp³-hybridized carbons (Fsp3) is 0.444. The lowest BCUT2D eigenvalue weighted by atomic mass is 9.83. The van der Waals surface area contributed by atoms with Crippen molar-refractivity contribution in [3.63, 3.8) is 0 Å². The van der Waals surface area contributed by atoms with Crippen molar-refractivity contribution in [1.29, 1.82) is 0 Å². The molecule has 1 fully saturated rings. The number of fused-ring (bicyclic) bond motifs is 2. The van der Waals surface area contributed by atoms with Crippen molar-refractivity contribution in [3.8, 4) is 0 Å². The highest BCUT2D eigenvalue weighted by atomic mass is 16.2. The summed E-state index contributed by atoms with van der Waals surface area (Å²) in [5, 5.41) is 2.31. The average Bonchev–Trinajstić information content (AvgIpc) is 2.88. The van der Waals surface area contributed by atoms with Gasteiger partial charge >= 0.3 is 0 Å². The van der Waals surface area contributed by atoms with Crippen LogP contribution < -0.4 is 5.32 Å². The summed E-state index contributed by atoms with van der Waals surface area (Å²) in [6.45, 7) is 0.408. The Morgan fingerprint density at radius 2 is 1.88 bits per heavy atom. The van der Waals surface area contributed by atoms with Gasteiger partial charge in [-0.2, -0.15) is 0 Å². The van der Waals surface area contributed by atoms with Gasteiger partial charge in [0.25, 0.3) is 5.91 Å². The van der Waals surface area contributed by atoms with E-state index < -0.39 is 11.9 Å². The molecular weight excluding hydrogens is 308 g/mol. The summed E-state index contributed by atoms with van der Waals surface area (Å²) >= 11 is 0. The number of rotatable bonds is 2. The monoisotopic (exact) mass is 326 g/mol. The van der Waals surface area contributed by atoms with Gasteiger partial charge < -0.3 is 9.69 Å². The molecule has 1 aliphatic carbocycles. The van der Waals surface area contributed by atoms with Gasteiger partial charge in [-0.15, -0.1) is 0 Å². The number of aldehydes is 1. The highest BCUT2D eigenvalue weighted by Crippen LogP contribution is 2.33. The Kier molecular flexibility index (Phi) is 3.48. The second-order valence-electron chi connectivity index (χ2n) is 6.82. The Hall–Kier alpha value is -2.50. The lowest BCUT2D eigenvalue weighted by molar-refractivity contribution is -0.136. The molecule has 6 nitrogen and oxygen atoms in total. The molecule has 124 valence electrons.